The molecule has 0 aliphatic carbocycles. The highest BCUT2D eigenvalue weighted by Gasteiger charge is 2.14. The fourth-order valence-electron chi connectivity index (χ4n) is 2.09. The highest BCUT2D eigenvalue weighted by atomic mass is 79.9. The van der Waals surface area contributed by atoms with E-state index < -0.39 is 0 Å². The number of halogens is 1. The van der Waals surface area contributed by atoms with Gasteiger partial charge < -0.3 is 10.3 Å². The minimum atomic E-state index is 0.755. The third-order valence-corrected chi connectivity index (χ3v) is 4.02. The molecule has 2 rings (SSSR count). The average Bonchev–Trinajstić information content (AvgIpc) is 2.69. The molecule has 2 aromatic rings. The number of nitrogens with two attached hydrogens (primary N) is 1. The lowest BCUT2D eigenvalue weighted by atomic mass is 10.1. The van der Waals surface area contributed by atoms with Crippen LogP contribution < -0.4 is 5.73 Å². The number of hydrogen-bond acceptors (Lipinski definition) is 2. The van der Waals surface area contributed by atoms with Crippen molar-refractivity contribution >= 4 is 21.7 Å². The van der Waals surface area contributed by atoms with E-state index in [2.05, 4.69) is 64.5 Å². The summed E-state index contributed by atoms with van der Waals surface area (Å²) in [5.74, 6) is 1.80. The molecule has 0 amide bonds. The molecule has 96 valence electrons. The third kappa shape index (κ3) is 2.17. The van der Waals surface area contributed by atoms with Gasteiger partial charge in [-0.25, -0.2) is 4.98 Å². The van der Waals surface area contributed by atoms with Crippen molar-refractivity contribution in [3.05, 3.63) is 34.1 Å². The van der Waals surface area contributed by atoms with Gasteiger partial charge in [0.1, 0.15) is 17.3 Å². The van der Waals surface area contributed by atoms with Gasteiger partial charge in [0.05, 0.1) is 0 Å². The molecule has 1 aromatic heterocycles. The zero-order chi connectivity index (χ0) is 13.3. The largest absolute Gasteiger partial charge is 0.383 e. The van der Waals surface area contributed by atoms with Crippen molar-refractivity contribution in [2.45, 2.75) is 33.7 Å². The van der Waals surface area contributed by atoms with Crippen molar-refractivity contribution in [3.8, 4) is 11.3 Å². The normalized spacial score (nSPS) is 10.9. The fourth-order valence-corrected chi connectivity index (χ4v) is 2.47. The summed E-state index contributed by atoms with van der Waals surface area (Å²) in [6.07, 6.45) is 0.894. The lowest BCUT2D eigenvalue weighted by Gasteiger charge is -2.05. The molecule has 0 spiro atoms. The summed E-state index contributed by atoms with van der Waals surface area (Å²) in [5, 5.41) is 0. The van der Waals surface area contributed by atoms with Crippen molar-refractivity contribution in [2.75, 3.05) is 5.73 Å². The molecule has 1 aromatic carbocycles. The van der Waals surface area contributed by atoms with Crippen molar-refractivity contribution < 1.29 is 0 Å². The van der Waals surface area contributed by atoms with Crippen LogP contribution in [0.3, 0.4) is 0 Å². The minimum absolute atomic E-state index is 0.755. The van der Waals surface area contributed by atoms with Gasteiger partial charge in [0.25, 0.3) is 0 Å². The van der Waals surface area contributed by atoms with Crippen LogP contribution in [0.4, 0.5) is 5.82 Å². The summed E-state index contributed by atoms with van der Waals surface area (Å²) in [4.78, 5) is 4.66. The van der Waals surface area contributed by atoms with Gasteiger partial charge in [0.2, 0.25) is 0 Å². The maximum absolute atomic E-state index is 6.20. The summed E-state index contributed by atoms with van der Waals surface area (Å²) in [5.41, 5.74) is 9.35. The van der Waals surface area contributed by atoms with Gasteiger partial charge in [-0.2, -0.15) is 0 Å². The summed E-state index contributed by atoms with van der Waals surface area (Å²) >= 11 is 3.55. The number of hydrogen-bond donors (Lipinski definition) is 1. The monoisotopic (exact) mass is 307 g/mol. The van der Waals surface area contributed by atoms with Crippen LogP contribution >= 0.6 is 15.9 Å². The Kier molecular flexibility index (Phi) is 3.76. The second-order valence-corrected chi connectivity index (χ2v) is 5.18. The van der Waals surface area contributed by atoms with Crippen molar-refractivity contribution in [1.82, 2.24) is 9.55 Å². The first kappa shape index (κ1) is 13.1. The maximum atomic E-state index is 6.20. The Labute approximate surface area is 116 Å². The van der Waals surface area contributed by atoms with Crippen LogP contribution in [0.5, 0.6) is 0 Å². The number of nitrogen functional groups attached to an aromatic ring is 1. The first-order chi connectivity index (χ1) is 8.58. The molecule has 0 aliphatic rings. The molecule has 0 atom stereocenters. The Hall–Kier alpha value is -1.29. The molecule has 0 aliphatic heterocycles. The Morgan fingerprint density at radius 1 is 1.33 bits per heavy atom. The molecule has 2 N–H and O–H groups in total. The van der Waals surface area contributed by atoms with E-state index in [0.717, 1.165) is 40.3 Å². The molecule has 4 heteroatoms. The van der Waals surface area contributed by atoms with Crippen LogP contribution in [0.15, 0.2) is 22.7 Å². The van der Waals surface area contributed by atoms with Crippen LogP contribution in [-0.4, -0.2) is 9.55 Å². The van der Waals surface area contributed by atoms with Crippen molar-refractivity contribution in [2.24, 2.45) is 0 Å². The molecular weight excluding hydrogens is 290 g/mol. The second kappa shape index (κ2) is 5.14. The van der Waals surface area contributed by atoms with Crippen LogP contribution in [0.1, 0.15) is 25.2 Å². The van der Waals surface area contributed by atoms with E-state index in [1.54, 1.807) is 0 Å². The van der Waals surface area contributed by atoms with E-state index in [-0.39, 0.29) is 0 Å². The number of aromatic nitrogens is 2. The highest BCUT2D eigenvalue weighted by Crippen LogP contribution is 2.30. The SMILES string of the molecule is CCc1nc(-c2ccc(C)c(Br)c2)c(N)n1CC. The van der Waals surface area contributed by atoms with E-state index in [9.17, 15) is 0 Å². The zero-order valence-electron chi connectivity index (χ0n) is 11.0. The summed E-state index contributed by atoms with van der Waals surface area (Å²) in [6, 6.07) is 6.22. The predicted molar refractivity (Wildman–Crippen MR) is 79.6 cm³/mol. The van der Waals surface area contributed by atoms with Gasteiger partial charge in [-0.3, -0.25) is 0 Å². The minimum Gasteiger partial charge on any atom is -0.383 e. The van der Waals surface area contributed by atoms with E-state index >= 15 is 0 Å². The molecule has 0 bridgehead atoms. The number of anilines is 1. The number of nitrogens with zero attached hydrogens (tertiary/aromatic N) is 2. The van der Waals surface area contributed by atoms with Gasteiger partial charge >= 0.3 is 0 Å². The molecule has 0 saturated heterocycles. The lowest BCUT2D eigenvalue weighted by Crippen LogP contribution is -2.04. The van der Waals surface area contributed by atoms with Gasteiger partial charge in [-0.05, 0) is 25.5 Å². The lowest BCUT2D eigenvalue weighted by molar-refractivity contribution is 0.713. The second-order valence-electron chi connectivity index (χ2n) is 4.32. The van der Waals surface area contributed by atoms with E-state index in [1.807, 2.05) is 0 Å². The third-order valence-electron chi connectivity index (χ3n) is 3.16. The van der Waals surface area contributed by atoms with Gasteiger partial charge in [-0.1, -0.05) is 35.0 Å². The van der Waals surface area contributed by atoms with Crippen LogP contribution in [0, 0.1) is 6.92 Å². The maximum Gasteiger partial charge on any atom is 0.131 e. The van der Waals surface area contributed by atoms with Gasteiger partial charge in [0, 0.05) is 23.0 Å². The fraction of sp³-hybridized carbons (Fsp3) is 0.357. The summed E-state index contributed by atoms with van der Waals surface area (Å²) < 4.78 is 3.16. The molecule has 0 saturated carbocycles. The Bertz CT molecular complexity index is 573. The molecular formula is C14H18BrN3. The first-order valence-electron chi connectivity index (χ1n) is 6.19. The van der Waals surface area contributed by atoms with E-state index in [0.29, 0.717) is 0 Å². The topological polar surface area (TPSA) is 43.8 Å². The van der Waals surface area contributed by atoms with Crippen LogP contribution in [-0.2, 0) is 13.0 Å². The van der Waals surface area contributed by atoms with Gasteiger partial charge in [-0.15, -0.1) is 0 Å². The first-order valence-corrected chi connectivity index (χ1v) is 6.99. The number of rotatable bonds is 3. The van der Waals surface area contributed by atoms with Crippen molar-refractivity contribution in [1.29, 1.82) is 0 Å². The Morgan fingerprint density at radius 3 is 2.56 bits per heavy atom. The standard InChI is InChI=1S/C14H18BrN3/c1-4-12-17-13(14(16)18(12)5-2)10-7-6-9(3)11(15)8-10/h6-8H,4-5,16H2,1-3H3. The summed E-state index contributed by atoms with van der Waals surface area (Å²) in [7, 11) is 0. The average molecular weight is 308 g/mol. The molecule has 0 unspecified atom stereocenters. The Morgan fingerprint density at radius 2 is 2.06 bits per heavy atom. The molecule has 1 heterocycles. The van der Waals surface area contributed by atoms with Gasteiger partial charge in [0.15, 0.2) is 0 Å². The van der Waals surface area contributed by atoms with Crippen LogP contribution in [0.25, 0.3) is 11.3 Å². The van der Waals surface area contributed by atoms with Crippen LogP contribution in [0.2, 0.25) is 0 Å². The van der Waals surface area contributed by atoms with Crippen molar-refractivity contribution in [3.63, 3.8) is 0 Å². The number of imidazole rings is 1. The highest BCUT2D eigenvalue weighted by molar-refractivity contribution is 9.10. The molecule has 3 nitrogen and oxygen atoms in total. The van der Waals surface area contributed by atoms with E-state index in [4.69, 9.17) is 5.73 Å². The zero-order valence-corrected chi connectivity index (χ0v) is 12.6. The number of aryl methyl sites for hydroxylation is 2. The number of benzene rings is 1. The molecule has 0 fully saturated rings. The smallest absolute Gasteiger partial charge is 0.131 e. The van der Waals surface area contributed by atoms with E-state index in [1.165, 1.54) is 5.56 Å². The Balaban J connectivity index is 2.56. The molecule has 0 radical (unpaired) electrons. The predicted octanol–water partition coefficient (Wildman–Crippen LogP) is 3.79. The quantitative estimate of drug-likeness (QED) is 0.937. The summed E-state index contributed by atoms with van der Waals surface area (Å²) in [6.45, 7) is 7.11. The molecule has 18 heavy (non-hydrogen) atoms.